The third-order valence-electron chi connectivity index (χ3n) is 5.47. The van der Waals surface area contributed by atoms with Crippen molar-refractivity contribution in [3.05, 3.63) is 18.2 Å². The molecule has 1 unspecified atom stereocenters. The summed E-state index contributed by atoms with van der Waals surface area (Å²) in [6.45, 7) is 3.61. The van der Waals surface area contributed by atoms with Crippen molar-refractivity contribution in [2.45, 2.75) is 64.3 Å². The van der Waals surface area contributed by atoms with Gasteiger partial charge in [0.1, 0.15) is 11.2 Å². The Bertz CT molecular complexity index is 594. The van der Waals surface area contributed by atoms with Crippen molar-refractivity contribution in [2.24, 2.45) is 5.41 Å². The Balaban J connectivity index is 1.75. The van der Waals surface area contributed by atoms with Crippen LogP contribution in [0.25, 0.3) is 0 Å². The second-order valence-corrected chi connectivity index (χ2v) is 6.91. The molecule has 1 aromatic rings. The molecular formula is C18H26N4O. The summed E-state index contributed by atoms with van der Waals surface area (Å²) in [4.78, 5) is 19.4. The summed E-state index contributed by atoms with van der Waals surface area (Å²) < 4.78 is 2.22. The zero-order chi connectivity index (χ0) is 16.3. The topological polar surface area (TPSA) is 61.9 Å². The molecule has 5 nitrogen and oxygen atoms in total. The van der Waals surface area contributed by atoms with E-state index in [0.29, 0.717) is 12.6 Å². The van der Waals surface area contributed by atoms with Gasteiger partial charge < -0.3 is 9.47 Å². The summed E-state index contributed by atoms with van der Waals surface area (Å²) in [5.74, 6) is 1.15. The van der Waals surface area contributed by atoms with Crippen molar-refractivity contribution in [1.29, 1.82) is 5.26 Å². The fourth-order valence-electron chi connectivity index (χ4n) is 4.15. The molecule has 2 aliphatic rings. The molecule has 1 atom stereocenters. The maximum atomic E-state index is 13.1. The Morgan fingerprint density at radius 1 is 1.39 bits per heavy atom. The first kappa shape index (κ1) is 16.0. The number of rotatable bonds is 3. The number of nitrogens with zero attached hydrogens (tertiary/aromatic N) is 4. The van der Waals surface area contributed by atoms with Gasteiger partial charge in [-0.25, -0.2) is 4.98 Å². The van der Waals surface area contributed by atoms with Gasteiger partial charge in [-0.3, -0.25) is 4.79 Å². The van der Waals surface area contributed by atoms with Gasteiger partial charge in [-0.2, -0.15) is 5.26 Å². The molecular weight excluding hydrogens is 288 g/mol. The lowest BCUT2D eigenvalue weighted by Crippen LogP contribution is -2.48. The van der Waals surface area contributed by atoms with Gasteiger partial charge in [0.2, 0.25) is 5.91 Å². The normalized spacial score (nSPS) is 24.2. The molecule has 1 aliphatic heterocycles. The summed E-state index contributed by atoms with van der Waals surface area (Å²) in [6, 6.07) is 2.67. The summed E-state index contributed by atoms with van der Waals surface area (Å²) in [6.07, 6.45) is 11.5. The van der Waals surface area contributed by atoms with Gasteiger partial charge in [-0.05, 0) is 25.7 Å². The van der Waals surface area contributed by atoms with Crippen LogP contribution in [0.2, 0.25) is 0 Å². The highest BCUT2D eigenvalue weighted by atomic mass is 16.2. The van der Waals surface area contributed by atoms with Gasteiger partial charge in [-0.1, -0.05) is 26.2 Å². The number of hydrogen-bond donors (Lipinski definition) is 0. The van der Waals surface area contributed by atoms with E-state index >= 15 is 0 Å². The Labute approximate surface area is 138 Å². The summed E-state index contributed by atoms with van der Waals surface area (Å²) in [5, 5.41) is 9.66. The third kappa shape index (κ3) is 2.99. The van der Waals surface area contributed by atoms with Crippen molar-refractivity contribution in [2.75, 3.05) is 13.1 Å². The van der Waals surface area contributed by atoms with Gasteiger partial charge in [0, 0.05) is 31.9 Å². The molecule has 5 heteroatoms. The first-order valence-electron chi connectivity index (χ1n) is 8.92. The maximum absolute atomic E-state index is 13.1. The molecule has 0 aromatic carbocycles. The minimum atomic E-state index is -0.761. The van der Waals surface area contributed by atoms with Crippen LogP contribution in [0, 0.1) is 16.7 Å². The van der Waals surface area contributed by atoms with Gasteiger partial charge in [0.15, 0.2) is 0 Å². The zero-order valence-electron chi connectivity index (χ0n) is 14.0. The summed E-state index contributed by atoms with van der Waals surface area (Å²) in [5.41, 5.74) is -0.761. The number of amides is 1. The highest BCUT2D eigenvalue weighted by Crippen LogP contribution is 2.38. The van der Waals surface area contributed by atoms with E-state index in [-0.39, 0.29) is 5.91 Å². The lowest BCUT2D eigenvalue weighted by atomic mass is 9.74. The minimum Gasteiger partial charge on any atom is -0.339 e. The highest BCUT2D eigenvalue weighted by Gasteiger charge is 2.43. The van der Waals surface area contributed by atoms with Crippen LogP contribution in [-0.4, -0.2) is 33.4 Å². The van der Waals surface area contributed by atoms with Gasteiger partial charge >= 0.3 is 0 Å². The van der Waals surface area contributed by atoms with Crippen LogP contribution in [0.5, 0.6) is 0 Å². The molecule has 124 valence electrons. The first-order valence-corrected chi connectivity index (χ1v) is 8.92. The Kier molecular flexibility index (Phi) is 4.70. The van der Waals surface area contributed by atoms with Crippen LogP contribution in [-0.2, 0) is 11.2 Å². The van der Waals surface area contributed by atoms with E-state index < -0.39 is 5.41 Å². The van der Waals surface area contributed by atoms with Crippen molar-refractivity contribution < 1.29 is 4.79 Å². The van der Waals surface area contributed by atoms with Crippen molar-refractivity contribution >= 4 is 5.91 Å². The highest BCUT2D eigenvalue weighted by molar-refractivity contribution is 5.85. The number of hydrogen-bond acceptors (Lipinski definition) is 3. The minimum absolute atomic E-state index is 0.0718. The Hall–Kier alpha value is -1.83. The number of aromatic nitrogens is 2. The van der Waals surface area contributed by atoms with Gasteiger partial charge in [0.25, 0.3) is 0 Å². The molecule has 0 N–H and O–H groups in total. The van der Waals surface area contributed by atoms with E-state index in [9.17, 15) is 10.1 Å². The van der Waals surface area contributed by atoms with Crippen molar-refractivity contribution in [3.63, 3.8) is 0 Å². The molecule has 23 heavy (non-hydrogen) atoms. The smallest absolute Gasteiger partial charge is 0.243 e. The Morgan fingerprint density at radius 3 is 2.87 bits per heavy atom. The molecule has 1 saturated heterocycles. The molecule has 1 aliphatic carbocycles. The zero-order valence-corrected chi connectivity index (χ0v) is 14.0. The van der Waals surface area contributed by atoms with Crippen LogP contribution in [0.4, 0.5) is 0 Å². The fraction of sp³-hybridized carbons (Fsp3) is 0.722. The molecule has 0 bridgehead atoms. The monoisotopic (exact) mass is 314 g/mol. The molecule has 2 heterocycles. The standard InChI is InChI=1S/C18H26N4O/c1-2-16-20-10-12-22(16)15-7-6-11-21(13-15)17(23)18(14-19)8-4-3-5-9-18/h10,12,15H,2-9,11,13H2,1H3. The molecule has 1 amide bonds. The maximum Gasteiger partial charge on any atom is 0.243 e. The van der Waals surface area contributed by atoms with E-state index in [1.807, 2.05) is 17.3 Å². The van der Waals surface area contributed by atoms with Crippen molar-refractivity contribution in [3.8, 4) is 6.07 Å². The SMILES string of the molecule is CCc1nccn1C1CCCN(C(=O)C2(C#N)CCCCC2)C1. The number of nitriles is 1. The molecule has 0 radical (unpaired) electrons. The lowest BCUT2D eigenvalue weighted by Gasteiger charge is -2.39. The average Bonchev–Trinajstić information content (AvgIpc) is 3.10. The van der Waals surface area contributed by atoms with E-state index in [1.165, 1.54) is 0 Å². The summed E-state index contributed by atoms with van der Waals surface area (Å²) >= 11 is 0. The fourth-order valence-corrected chi connectivity index (χ4v) is 4.15. The first-order chi connectivity index (χ1) is 11.2. The number of imidazole rings is 1. The third-order valence-corrected chi connectivity index (χ3v) is 5.47. The van der Waals surface area contributed by atoms with Gasteiger partial charge in [0.05, 0.1) is 12.1 Å². The molecule has 1 aromatic heterocycles. The Morgan fingerprint density at radius 2 is 2.17 bits per heavy atom. The van der Waals surface area contributed by atoms with Crippen LogP contribution < -0.4 is 0 Å². The second-order valence-electron chi connectivity index (χ2n) is 6.91. The molecule has 1 saturated carbocycles. The lowest BCUT2D eigenvalue weighted by molar-refractivity contribution is -0.142. The van der Waals surface area contributed by atoms with Crippen molar-refractivity contribution in [1.82, 2.24) is 14.5 Å². The quantitative estimate of drug-likeness (QED) is 0.861. The van der Waals surface area contributed by atoms with Crippen LogP contribution >= 0.6 is 0 Å². The van der Waals surface area contributed by atoms with Gasteiger partial charge in [-0.15, -0.1) is 0 Å². The summed E-state index contributed by atoms with van der Waals surface area (Å²) in [7, 11) is 0. The van der Waals surface area contributed by atoms with Crippen LogP contribution in [0.15, 0.2) is 12.4 Å². The van der Waals surface area contributed by atoms with Crippen LogP contribution in [0.1, 0.15) is 63.7 Å². The predicted octanol–water partition coefficient (Wildman–Crippen LogP) is 3.08. The average molecular weight is 314 g/mol. The van der Waals surface area contributed by atoms with E-state index in [1.54, 1.807) is 0 Å². The second kappa shape index (κ2) is 6.74. The molecule has 0 spiro atoms. The number of likely N-dealkylation sites (tertiary alicyclic amines) is 1. The van der Waals surface area contributed by atoms with E-state index in [0.717, 1.165) is 63.7 Å². The van der Waals surface area contributed by atoms with Crippen LogP contribution in [0.3, 0.4) is 0 Å². The number of piperidine rings is 1. The van der Waals surface area contributed by atoms with E-state index in [2.05, 4.69) is 22.5 Å². The largest absolute Gasteiger partial charge is 0.339 e. The number of carbonyl (C=O) groups excluding carboxylic acids is 1. The number of carbonyl (C=O) groups is 1. The van der Waals surface area contributed by atoms with E-state index in [4.69, 9.17) is 0 Å². The molecule has 3 rings (SSSR count). The predicted molar refractivity (Wildman–Crippen MR) is 87.6 cm³/mol. The molecule has 2 fully saturated rings. The number of aryl methyl sites for hydroxylation is 1.